The Bertz CT molecular complexity index is 455. The zero-order valence-electron chi connectivity index (χ0n) is 7.73. The van der Waals surface area contributed by atoms with Gasteiger partial charge in [-0.1, -0.05) is 6.92 Å². The summed E-state index contributed by atoms with van der Waals surface area (Å²) in [6.45, 7) is 1.99. The van der Waals surface area contributed by atoms with Crippen LogP contribution in [0, 0.1) is 0 Å². The van der Waals surface area contributed by atoms with Gasteiger partial charge in [-0.3, -0.25) is 0 Å². The van der Waals surface area contributed by atoms with Crippen molar-refractivity contribution in [3.63, 3.8) is 0 Å². The number of fused-ring (bicyclic) bond motifs is 1. The summed E-state index contributed by atoms with van der Waals surface area (Å²) in [5.74, 6) is 6.59. The van der Waals surface area contributed by atoms with Crippen molar-refractivity contribution >= 4 is 16.9 Å². The van der Waals surface area contributed by atoms with E-state index in [9.17, 15) is 0 Å². The topological polar surface area (TPSA) is 89.6 Å². The van der Waals surface area contributed by atoms with E-state index in [0.29, 0.717) is 11.5 Å². The lowest BCUT2D eigenvalue weighted by Crippen LogP contribution is -2.10. The van der Waals surface area contributed by atoms with Crippen LogP contribution < -0.4 is 11.3 Å². The van der Waals surface area contributed by atoms with Crippen LogP contribution in [0.1, 0.15) is 12.7 Å². The highest BCUT2D eigenvalue weighted by atomic mass is 15.3. The normalized spacial score (nSPS) is 10.4. The predicted molar refractivity (Wildman–Crippen MR) is 52.3 cm³/mol. The van der Waals surface area contributed by atoms with Gasteiger partial charge >= 0.3 is 0 Å². The van der Waals surface area contributed by atoms with Crippen LogP contribution in [0.5, 0.6) is 0 Å². The zero-order valence-corrected chi connectivity index (χ0v) is 7.73. The fraction of sp³-hybridized carbons (Fsp3) is 0.250. The third-order valence-electron chi connectivity index (χ3n) is 1.89. The molecule has 0 aliphatic heterocycles. The summed E-state index contributed by atoms with van der Waals surface area (Å²) in [6.07, 6.45) is 3.88. The van der Waals surface area contributed by atoms with Crippen LogP contribution in [-0.2, 0) is 6.42 Å². The van der Waals surface area contributed by atoms with E-state index in [4.69, 9.17) is 5.84 Å². The lowest BCUT2D eigenvalue weighted by atomic mass is 10.3. The van der Waals surface area contributed by atoms with Crippen molar-refractivity contribution in [2.24, 2.45) is 5.84 Å². The standard InChI is InChI=1S/C8H10N6/c1-2-6-10-3-5-7(13-6)11-4-12-8(5)14-9/h3-4H,2,9H2,1H3,(H,10,11,12,13,14). The minimum absolute atomic E-state index is 0.539. The molecular weight excluding hydrogens is 180 g/mol. The molecule has 14 heavy (non-hydrogen) atoms. The van der Waals surface area contributed by atoms with Crippen molar-refractivity contribution in [2.45, 2.75) is 13.3 Å². The lowest BCUT2D eigenvalue weighted by molar-refractivity contribution is 0.949. The number of hydrazine groups is 1. The molecule has 0 spiro atoms. The lowest BCUT2D eigenvalue weighted by Gasteiger charge is -2.02. The number of aryl methyl sites for hydroxylation is 1. The molecule has 2 heterocycles. The molecule has 0 saturated carbocycles. The maximum absolute atomic E-state index is 5.29. The van der Waals surface area contributed by atoms with Crippen molar-refractivity contribution in [3.8, 4) is 0 Å². The van der Waals surface area contributed by atoms with Crippen molar-refractivity contribution < 1.29 is 0 Å². The summed E-state index contributed by atoms with van der Waals surface area (Å²) in [7, 11) is 0. The third-order valence-corrected chi connectivity index (χ3v) is 1.89. The fourth-order valence-electron chi connectivity index (χ4n) is 1.17. The number of nitrogens with two attached hydrogens (primary N) is 1. The molecule has 2 aromatic heterocycles. The molecule has 0 bridgehead atoms. The molecule has 72 valence electrons. The molecule has 2 aromatic rings. The fourth-order valence-corrected chi connectivity index (χ4v) is 1.17. The molecule has 6 nitrogen and oxygen atoms in total. The Hall–Kier alpha value is -1.82. The second-order valence-corrected chi connectivity index (χ2v) is 2.74. The smallest absolute Gasteiger partial charge is 0.168 e. The maximum atomic E-state index is 5.29. The minimum Gasteiger partial charge on any atom is -0.308 e. The number of nitrogens with zero attached hydrogens (tertiary/aromatic N) is 4. The van der Waals surface area contributed by atoms with E-state index in [1.54, 1.807) is 6.20 Å². The van der Waals surface area contributed by atoms with E-state index in [1.807, 2.05) is 6.92 Å². The van der Waals surface area contributed by atoms with E-state index in [1.165, 1.54) is 6.33 Å². The van der Waals surface area contributed by atoms with Crippen molar-refractivity contribution in [3.05, 3.63) is 18.3 Å². The molecule has 0 atom stereocenters. The summed E-state index contributed by atoms with van der Waals surface area (Å²) < 4.78 is 0. The first-order valence-corrected chi connectivity index (χ1v) is 4.28. The van der Waals surface area contributed by atoms with Gasteiger partial charge in [0.1, 0.15) is 12.2 Å². The van der Waals surface area contributed by atoms with Gasteiger partial charge in [0.05, 0.1) is 5.39 Å². The van der Waals surface area contributed by atoms with Gasteiger partial charge in [0.15, 0.2) is 11.5 Å². The SMILES string of the molecule is CCc1ncc2c(NN)ncnc2n1. The summed E-state index contributed by atoms with van der Waals surface area (Å²) in [5, 5.41) is 0.729. The quantitative estimate of drug-likeness (QED) is 0.521. The summed E-state index contributed by atoms with van der Waals surface area (Å²) >= 11 is 0. The van der Waals surface area contributed by atoms with Crippen LogP contribution in [0.15, 0.2) is 12.5 Å². The summed E-state index contributed by atoms with van der Waals surface area (Å²) in [6, 6.07) is 0. The molecule has 0 saturated heterocycles. The molecule has 0 aromatic carbocycles. The predicted octanol–water partition coefficient (Wildman–Crippen LogP) is 0.268. The number of aromatic nitrogens is 4. The van der Waals surface area contributed by atoms with Crippen molar-refractivity contribution in [1.29, 1.82) is 0 Å². The Morgan fingerprint density at radius 3 is 2.93 bits per heavy atom. The van der Waals surface area contributed by atoms with Crippen LogP contribution in [0.2, 0.25) is 0 Å². The molecule has 6 heteroatoms. The first-order chi connectivity index (χ1) is 6.85. The highest BCUT2D eigenvalue weighted by Crippen LogP contribution is 2.14. The van der Waals surface area contributed by atoms with Gasteiger partial charge < -0.3 is 5.43 Å². The molecule has 0 aliphatic carbocycles. The van der Waals surface area contributed by atoms with Gasteiger partial charge in [-0.2, -0.15) is 0 Å². The van der Waals surface area contributed by atoms with Gasteiger partial charge in [-0.05, 0) is 0 Å². The Kier molecular flexibility index (Phi) is 2.19. The van der Waals surface area contributed by atoms with E-state index in [-0.39, 0.29) is 0 Å². The number of nitrogens with one attached hydrogen (secondary N) is 1. The van der Waals surface area contributed by atoms with E-state index < -0.39 is 0 Å². The van der Waals surface area contributed by atoms with Crippen LogP contribution in [0.4, 0.5) is 5.82 Å². The summed E-state index contributed by atoms with van der Waals surface area (Å²) in [4.78, 5) is 16.4. The highest BCUT2D eigenvalue weighted by Gasteiger charge is 2.04. The molecule has 0 fully saturated rings. The number of hydrogen-bond acceptors (Lipinski definition) is 6. The zero-order chi connectivity index (χ0) is 9.97. The average molecular weight is 190 g/mol. The van der Waals surface area contributed by atoms with Crippen LogP contribution >= 0.6 is 0 Å². The molecule has 0 aliphatic rings. The number of rotatable bonds is 2. The molecule has 0 radical (unpaired) electrons. The van der Waals surface area contributed by atoms with Gasteiger partial charge in [-0.25, -0.2) is 25.8 Å². The Balaban J connectivity index is 2.67. The second-order valence-electron chi connectivity index (χ2n) is 2.74. The molecule has 0 unspecified atom stereocenters. The van der Waals surface area contributed by atoms with E-state index in [2.05, 4.69) is 25.4 Å². The Labute approximate surface area is 80.6 Å². The van der Waals surface area contributed by atoms with Gasteiger partial charge in [0.2, 0.25) is 0 Å². The van der Waals surface area contributed by atoms with Gasteiger partial charge in [0.25, 0.3) is 0 Å². The monoisotopic (exact) mass is 190 g/mol. The molecule has 3 N–H and O–H groups in total. The number of anilines is 1. The van der Waals surface area contributed by atoms with Gasteiger partial charge in [-0.15, -0.1) is 0 Å². The van der Waals surface area contributed by atoms with Crippen LogP contribution in [-0.4, -0.2) is 19.9 Å². The van der Waals surface area contributed by atoms with Crippen LogP contribution in [0.3, 0.4) is 0 Å². The largest absolute Gasteiger partial charge is 0.308 e. The third kappa shape index (κ3) is 1.35. The average Bonchev–Trinajstić information content (AvgIpc) is 2.27. The molecular formula is C8H10N6. The highest BCUT2D eigenvalue weighted by molar-refractivity contribution is 5.84. The molecule has 0 amide bonds. The summed E-state index contributed by atoms with van der Waals surface area (Å²) in [5.41, 5.74) is 3.09. The van der Waals surface area contributed by atoms with Gasteiger partial charge in [0, 0.05) is 12.6 Å². The second kappa shape index (κ2) is 3.51. The maximum Gasteiger partial charge on any atom is 0.168 e. The first kappa shape index (κ1) is 8.76. The van der Waals surface area contributed by atoms with Crippen molar-refractivity contribution in [1.82, 2.24) is 19.9 Å². The Morgan fingerprint density at radius 2 is 2.21 bits per heavy atom. The van der Waals surface area contributed by atoms with Crippen LogP contribution in [0.25, 0.3) is 11.0 Å². The number of hydrogen-bond donors (Lipinski definition) is 2. The first-order valence-electron chi connectivity index (χ1n) is 4.28. The number of nitrogen functional groups attached to an aromatic ring is 1. The Morgan fingerprint density at radius 1 is 1.36 bits per heavy atom. The van der Waals surface area contributed by atoms with Crippen molar-refractivity contribution in [2.75, 3.05) is 5.43 Å². The molecule has 2 rings (SSSR count). The minimum atomic E-state index is 0.539. The van der Waals surface area contributed by atoms with E-state index >= 15 is 0 Å². The van der Waals surface area contributed by atoms with E-state index in [0.717, 1.165) is 17.6 Å².